The summed E-state index contributed by atoms with van der Waals surface area (Å²) in [6.07, 6.45) is 3.98. The van der Waals surface area contributed by atoms with Gasteiger partial charge in [-0.2, -0.15) is 0 Å². The van der Waals surface area contributed by atoms with Crippen LogP contribution < -0.4 is 15.5 Å². The Balaban J connectivity index is 1.54. The number of hydrogen-bond donors (Lipinski definition) is 1. The second kappa shape index (κ2) is 9.69. The molecule has 2 aliphatic rings. The van der Waals surface area contributed by atoms with Crippen molar-refractivity contribution in [2.75, 3.05) is 13.1 Å². The zero-order valence-electron chi connectivity index (χ0n) is 21.5. The van der Waals surface area contributed by atoms with E-state index in [1.807, 2.05) is 27.7 Å². The van der Waals surface area contributed by atoms with E-state index < -0.39 is 36.1 Å². The summed E-state index contributed by atoms with van der Waals surface area (Å²) in [7, 11) is -0.541. The summed E-state index contributed by atoms with van der Waals surface area (Å²) < 4.78 is 23.2. The van der Waals surface area contributed by atoms with Crippen LogP contribution in [0.3, 0.4) is 0 Å². The molecule has 10 nitrogen and oxygen atoms in total. The first-order valence-electron chi connectivity index (χ1n) is 11.8. The molecule has 34 heavy (non-hydrogen) atoms. The number of ether oxygens (including phenoxy) is 2. The maximum absolute atomic E-state index is 12.8. The van der Waals surface area contributed by atoms with Crippen LogP contribution in [0.4, 0.5) is 4.79 Å². The largest absolute Gasteiger partial charge is 0.498 e. The number of likely N-dealkylation sites (tertiary alicyclic amines) is 1. The molecule has 11 heteroatoms. The summed E-state index contributed by atoms with van der Waals surface area (Å²) in [6.45, 7) is 15.9. The lowest BCUT2D eigenvalue weighted by molar-refractivity contribution is -0.135. The van der Waals surface area contributed by atoms with Crippen molar-refractivity contribution in [3.63, 3.8) is 0 Å². The fraction of sp³-hybridized carbons (Fsp3) is 0.739. The first-order valence-corrected chi connectivity index (χ1v) is 11.8. The van der Waals surface area contributed by atoms with Gasteiger partial charge in [0.25, 0.3) is 0 Å². The molecule has 0 bridgehead atoms. The predicted molar refractivity (Wildman–Crippen MR) is 127 cm³/mol. The van der Waals surface area contributed by atoms with Gasteiger partial charge in [-0.25, -0.2) is 14.8 Å². The van der Waals surface area contributed by atoms with Crippen LogP contribution in [0.15, 0.2) is 12.4 Å². The van der Waals surface area contributed by atoms with E-state index in [4.69, 9.17) is 18.8 Å². The van der Waals surface area contributed by atoms with E-state index in [-0.39, 0.29) is 18.0 Å². The first-order chi connectivity index (χ1) is 15.7. The number of rotatable bonds is 5. The standard InChI is InChI=1S/C23H37BN4O6/c1-15(27-20(30)32-21(2,3)4)18(29)28-11-9-10-17(14-28)31-19-25-12-16(13-26-19)24-33-22(5,6)23(7,8)34-24/h12-13,15,17H,9-11,14H2,1-8H3,(H,27,30)/t15-,17+/m1/s1. The lowest BCUT2D eigenvalue weighted by atomic mass is 9.81. The van der Waals surface area contributed by atoms with Crippen LogP contribution in [-0.2, 0) is 18.8 Å². The highest BCUT2D eigenvalue weighted by molar-refractivity contribution is 6.61. The van der Waals surface area contributed by atoms with E-state index in [1.54, 1.807) is 45.0 Å². The molecule has 2 saturated heterocycles. The third-order valence-electron chi connectivity index (χ3n) is 6.24. The molecule has 2 atom stereocenters. The van der Waals surface area contributed by atoms with Gasteiger partial charge in [0, 0.05) is 24.4 Å². The molecular weight excluding hydrogens is 439 g/mol. The molecule has 0 aromatic carbocycles. The number of alkyl carbamates (subject to hydrolysis) is 1. The molecule has 0 unspecified atom stereocenters. The summed E-state index contributed by atoms with van der Waals surface area (Å²) in [4.78, 5) is 35.2. The molecule has 0 saturated carbocycles. The Hall–Kier alpha value is -2.40. The molecule has 1 N–H and O–H groups in total. The van der Waals surface area contributed by atoms with Crippen LogP contribution in [-0.4, -0.2) is 76.0 Å². The fourth-order valence-electron chi connectivity index (χ4n) is 3.69. The van der Waals surface area contributed by atoms with Gasteiger partial charge in [-0.15, -0.1) is 0 Å². The zero-order valence-corrected chi connectivity index (χ0v) is 21.5. The van der Waals surface area contributed by atoms with Crippen molar-refractivity contribution in [1.29, 1.82) is 0 Å². The molecule has 0 radical (unpaired) electrons. The van der Waals surface area contributed by atoms with E-state index in [1.165, 1.54) is 0 Å². The van der Waals surface area contributed by atoms with Crippen molar-refractivity contribution in [1.82, 2.24) is 20.2 Å². The van der Waals surface area contributed by atoms with Crippen LogP contribution in [0.2, 0.25) is 0 Å². The number of piperidine rings is 1. The van der Waals surface area contributed by atoms with Crippen LogP contribution in [0.25, 0.3) is 0 Å². The second-order valence-corrected chi connectivity index (χ2v) is 10.9. The predicted octanol–water partition coefficient (Wildman–Crippen LogP) is 2.06. The number of aromatic nitrogens is 2. The number of hydrogen-bond acceptors (Lipinski definition) is 8. The average molecular weight is 476 g/mol. The van der Waals surface area contributed by atoms with Crippen molar-refractivity contribution < 1.29 is 28.4 Å². The number of carbonyl (C=O) groups excluding carboxylic acids is 2. The highest BCUT2D eigenvalue weighted by Gasteiger charge is 2.52. The highest BCUT2D eigenvalue weighted by atomic mass is 16.7. The van der Waals surface area contributed by atoms with Gasteiger partial charge in [-0.05, 0) is 68.2 Å². The molecule has 1 aromatic heterocycles. The van der Waals surface area contributed by atoms with Gasteiger partial charge in [-0.1, -0.05) is 0 Å². The monoisotopic (exact) mass is 476 g/mol. The molecule has 3 heterocycles. The number of nitrogens with zero attached hydrogens (tertiary/aromatic N) is 3. The molecular formula is C23H37BN4O6. The zero-order chi connectivity index (χ0) is 25.3. The van der Waals surface area contributed by atoms with Crippen molar-refractivity contribution in [3.8, 4) is 6.01 Å². The van der Waals surface area contributed by atoms with Crippen LogP contribution in [0, 0.1) is 0 Å². The topological polar surface area (TPSA) is 112 Å². The summed E-state index contributed by atoms with van der Waals surface area (Å²) in [5.41, 5.74) is -0.802. The Labute approximate surface area is 202 Å². The van der Waals surface area contributed by atoms with Gasteiger partial charge < -0.3 is 29.0 Å². The SMILES string of the molecule is C[C@@H](NC(=O)OC(C)(C)C)C(=O)N1CCC[C@H](Oc2ncc(B3OC(C)(C)C(C)(C)O3)cn2)C1. The maximum atomic E-state index is 12.8. The van der Waals surface area contributed by atoms with E-state index in [0.29, 0.717) is 18.6 Å². The summed E-state index contributed by atoms with van der Waals surface area (Å²) in [6, 6.07) is -0.469. The minimum Gasteiger partial charge on any atom is -0.458 e. The van der Waals surface area contributed by atoms with Crippen molar-refractivity contribution >= 4 is 24.6 Å². The molecule has 2 fully saturated rings. The molecule has 1 aromatic rings. The van der Waals surface area contributed by atoms with E-state index >= 15 is 0 Å². The van der Waals surface area contributed by atoms with Gasteiger partial charge in [0.2, 0.25) is 5.91 Å². The Morgan fingerprint density at radius 3 is 2.32 bits per heavy atom. The lowest BCUT2D eigenvalue weighted by Gasteiger charge is -2.34. The van der Waals surface area contributed by atoms with Crippen molar-refractivity contribution in [3.05, 3.63) is 12.4 Å². The van der Waals surface area contributed by atoms with Crippen molar-refractivity contribution in [2.24, 2.45) is 0 Å². The minimum atomic E-state index is -0.705. The average Bonchev–Trinajstić information content (AvgIpc) is 2.93. The van der Waals surface area contributed by atoms with E-state index in [2.05, 4.69) is 15.3 Å². The van der Waals surface area contributed by atoms with Crippen LogP contribution >= 0.6 is 0 Å². The summed E-state index contributed by atoms with van der Waals surface area (Å²) in [5, 5.41) is 2.60. The number of amides is 2. The summed E-state index contributed by atoms with van der Waals surface area (Å²) in [5.74, 6) is -0.184. The van der Waals surface area contributed by atoms with Gasteiger partial charge in [0.05, 0.1) is 17.7 Å². The highest BCUT2D eigenvalue weighted by Crippen LogP contribution is 2.36. The Bertz CT molecular complexity index is 870. The molecule has 2 aliphatic heterocycles. The third kappa shape index (κ3) is 6.38. The first kappa shape index (κ1) is 26.2. The summed E-state index contributed by atoms with van der Waals surface area (Å²) >= 11 is 0. The van der Waals surface area contributed by atoms with Crippen LogP contribution in [0.5, 0.6) is 6.01 Å². The molecule has 188 valence electrons. The molecule has 0 spiro atoms. The van der Waals surface area contributed by atoms with E-state index in [9.17, 15) is 9.59 Å². The van der Waals surface area contributed by atoms with Crippen LogP contribution in [0.1, 0.15) is 68.2 Å². The Morgan fingerprint density at radius 2 is 1.76 bits per heavy atom. The van der Waals surface area contributed by atoms with Gasteiger partial charge >= 0.3 is 19.2 Å². The van der Waals surface area contributed by atoms with Gasteiger partial charge in [0.1, 0.15) is 17.7 Å². The third-order valence-corrected chi connectivity index (χ3v) is 6.24. The molecule has 3 rings (SSSR count). The second-order valence-electron chi connectivity index (χ2n) is 10.9. The minimum absolute atomic E-state index is 0.184. The number of carbonyl (C=O) groups is 2. The molecule has 2 amide bonds. The normalized spacial score (nSPS) is 22.8. The number of nitrogens with one attached hydrogen (secondary N) is 1. The smallest absolute Gasteiger partial charge is 0.458 e. The maximum Gasteiger partial charge on any atom is 0.498 e. The van der Waals surface area contributed by atoms with Gasteiger partial charge in [0.15, 0.2) is 0 Å². The lowest BCUT2D eigenvalue weighted by Crippen LogP contribution is -2.52. The Morgan fingerprint density at radius 1 is 1.18 bits per heavy atom. The quantitative estimate of drug-likeness (QED) is 0.643. The van der Waals surface area contributed by atoms with E-state index in [0.717, 1.165) is 12.8 Å². The Kier molecular flexibility index (Phi) is 7.47. The van der Waals surface area contributed by atoms with Gasteiger partial charge in [-0.3, -0.25) is 4.79 Å². The molecule has 0 aliphatic carbocycles. The van der Waals surface area contributed by atoms with Crippen molar-refractivity contribution in [2.45, 2.75) is 97.2 Å². The fourth-order valence-corrected chi connectivity index (χ4v) is 3.69.